The van der Waals surface area contributed by atoms with Crippen LogP contribution in [0.5, 0.6) is 0 Å². The molecule has 0 saturated heterocycles. The first kappa shape index (κ1) is 9.14. The second-order valence-corrected chi connectivity index (χ2v) is 3.58. The molecule has 76 valence electrons. The molecule has 2 rings (SSSR count). The van der Waals surface area contributed by atoms with Crippen LogP contribution in [0.25, 0.3) is 0 Å². The van der Waals surface area contributed by atoms with Crippen molar-refractivity contribution in [3.8, 4) is 0 Å². The largest absolute Gasteiger partial charge is 0.349 e. The van der Waals surface area contributed by atoms with Crippen molar-refractivity contribution in [2.24, 2.45) is 18.7 Å². The summed E-state index contributed by atoms with van der Waals surface area (Å²) in [7, 11) is 1.84. The number of rotatable bonds is 3. The molecule has 0 aromatic carbocycles. The highest BCUT2D eigenvalue weighted by atomic mass is 16.2. The molecule has 3 N–H and O–H groups in total. The highest BCUT2D eigenvalue weighted by Crippen LogP contribution is 2.27. The summed E-state index contributed by atoms with van der Waals surface area (Å²) in [6, 6.07) is 0.0505. The summed E-state index contributed by atoms with van der Waals surface area (Å²) in [5.74, 6) is 0.760. The third-order valence-electron chi connectivity index (χ3n) is 2.40. The Hall–Kier alpha value is -1.43. The highest BCUT2D eigenvalue weighted by Gasteiger charge is 2.39. The molecule has 0 bridgehead atoms. The molecule has 1 aliphatic carbocycles. The second-order valence-electron chi connectivity index (χ2n) is 3.58. The normalized spacial score (nSPS) is 24.7. The van der Waals surface area contributed by atoms with Crippen LogP contribution in [-0.2, 0) is 18.4 Å². The molecular formula is C8H13N5O. The van der Waals surface area contributed by atoms with Gasteiger partial charge in [-0.2, -0.15) is 0 Å². The maximum atomic E-state index is 11.4. The van der Waals surface area contributed by atoms with Crippen molar-refractivity contribution in [2.45, 2.75) is 19.0 Å². The van der Waals surface area contributed by atoms with Gasteiger partial charge in [0.2, 0.25) is 5.91 Å². The summed E-state index contributed by atoms with van der Waals surface area (Å²) >= 11 is 0. The van der Waals surface area contributed by atoms with E-state index in [2.05, 4.69) is 15.5 Å². The Labute approximate surface area is 81.5 Å². The van der Waals surface area contributed by atoms with Crippen LogP contribution < -0.4 is 11.1 Å². The van der Waals surface area contributed by atoms with E-state index in [0.717, 1.165) is 12.2 Å². The van der Waals surface area contributed by atoms with Crippen molar-refractivity contribution in [3.63, 3.8) is 0 Å². The number of carbonyl (C=O) groups is 1. The Kier molecular flexibility index (Phi) is 2.20. The number of nitrogens with zero attached hydrogens (tertiary/aromatic N) is 3. The smallest absolute Gasteiger partial charge is 0.225 e. The van der Waals surface area contributed by atoms with Gasteiger partial charge in [0.05, 0.1) is 12.5 Å². The molecule has 0 radical (unpaired) electrons. The van der Waals surface area contributed by atoms with Gasteiger partial charge in [-0.05, 0) is 6.42 Å². The molecule has 2 unspecified atom stereocenters. The molecule has 6 nitrogen and oxygen atoms in total. The number of amides is 1. The van der Waals surface area contributed by atoms with Gasteiger partial charge in [0.1, 0.15) is 6.33 Å². The maximum absolute atomic E-state index is 11.4. The van der Waals surface area contributed by atoms with Crippen LogP contribution in [0, 0.1) is 5.92 Å². The van der Waals surface area contributed by atoms with E-state index in [4.69, 9.17) is 5.73 Å². The number of nitrogens with one attached hydrogen (secondary N) is 1. The van der Waals surface area contributed by atoms with E-state index in [1.807, 2.05) is 7.05 Å². The molecule has 14 heavy (non-hydrogen) atoms. The Morgan fingerprint density at radius 2 is 2.57 bits per heavy atom. The molecule has 1 aliphatic rings. The quantitative estimate of drug-likeness (QED) is 0.633. The lowest BCUT2D eigenvalue weighted by Gasteiger charge is -2.02. The van der Waals surface area contributed by atoms with Crippen LogP contribution in [0.15, 0.2) is 6.33 Å². The van der Waals surface area contributed by atoms with E-state index in [9.17, 15) is 4.79 Å². The fraction of sp³-hybridized carbons (Fsp3) is 0.625. The Morgan fingerprint density at radius 3 is 3.07 bits per heavy atom. The number of carbonyl (C=O) groups excluding carboxylic acids is 1. The molecule has 1 saturated carbocycles. The minimum absolute atomic E-state index is 0.00299. The van der Waals surface area contributed by atoms with Crippen molar-refractivity contribution in [1.29, 1.82) is 0 Å². The van der Waals surface area contributed by atoms with Crippen molar-refractivity contribution in [3.05, 3.63) is 12.2 Å². The van der Waals surface area contributed by atoms with Gasteiger partial charge in [-0.15, -0.1) is 10.2 Å². The van der Waals surface area contributed by atoms with Gasteiger partial charge in [0.25, 0.3) is 0 Å². The topological polar surface area (TPSA) is 85.8 Å². The average Bonchev–Trinajstić information content (AvgIpc) is 2.74. The minimum Gasteiger partial charge on any atom is -0.349 e. The summed E-state index contributed by atoms with van der Waals surface area (Å²) in [6.45, 7) is 0.415. The fourth-order valence-electron chi connectivity index (χ4n) is 1.28. The first-order chi connectivity index (χ1) is 6.68. The first-order valence-corrected chi connectivity index (χ1v) is 4.54. The fourth-order valence-corrected chi connectivity index (χ4v) is 1.28. The lowest BCUT2D eigenvalue weighted by molar-refractivity contribution is -0.122. The second kappa shape index (κ2) is 3.38. The third kappa shape index (κ3) is 1.74. The Bertz CT molecular complexity index is 347. The number of hydrogen-bond acceptors (Lipinski definition) is 4. The monoisotopic (exact) mass is 195 g/mol. The standard InChI is InChI=1S/C8H13N5O/c1-13-4-11-12-7(13)3-10-8(14)5-2-6(5)9/h4-6H,2-3,9H2,1H3,(H,10,14). The van der Waals surface area contributed by atoms with Crippen molar-refractivity contribution in [1.82, 2.24) is 20.1 Å². The van der Waals surface area contributed by atoms with E-state index in [1.54, 1.807) is 10.9 Å². The number of hydrogen-bond donors (Lipinski definition) is 2. The first-order valence-electron chi connectivity index (χ1n) is 4.54. The van der Waals surface area contributed by atoms with Crippen LogP contribution in [-0.4, -0.2) is 26.7 Å². The molecule has 6 heteroatoms. The van der Waals surface area contributed by atoms with Crippen molar-refractivity contribution < 1.29 is 4.79 Å². The van der Waals surface area contributed by atoms with Gasteiger partial charge < -0.3 is 15.6 Å². The molecular weight excluding hydrogens is 182 g/mol. The third-order valence-corrected chi connectivity index (χ3v) is 2.40. The summed E-state index contributed by atoms with van der Waals surface area (Å²) in [4.78, 5) is 11.4. The molecule has 0 spiro atoms. The predicted molar refractivity (Wildman–Crippen MR) is 48.9 cm³/mol. The molecule has 2 atom stereocenters. The average molecular weight is 195 g/mol. The molecule has 1 aromatic heterocycles. The van der Waals surface area contributed by atoms with E-state index in [-0.39, 0.29) is 17.9 Å². The van der Waals surface area contributed by atoms with E-state index in [1.165, 1.54) is 0 Å². The zero-order valence-corrected chi connectivity index (χ0v) is 7.97. The van der Waals surface area contributed by atoms with Crippen LogP contribution in [0.1, 0.15) is 12.2 Å². The molecule has 1 amide bonds. The maximum Gasteiger partial charge on any atom is 0.225 e. The minimum atomic E-state index is 0.00299. The number of aryl methyl sites for hydroxylation is 1. The lowest BCUT2D eigenvalue weighted by atomic mass is 10.4. The zero-order valence-electron chi connectivity index (χ0n) is 7.97. The SMILES string of the molecule is Cn1cnnc1CNC(=O)C1CC1N. The predicted octanol–water partition coefficient (Wildman–Crippen LogP) is -1.22. The lowest BCUT2D eigenvalue weighted by Crippen LogP contribution is -2.28. The van der Waals surface area contributed by atoms with Gasteiger partial charge in [-0.25, -0.2) is 0 Å². The highest BCUT2D eigenvalue weighted by molar-refractivity contribution is 5.82. The van der Waals surface area contributed by atoms with Crippen molar-refractivity contribution >= 4 is 5.91 Å². The summed E-state index contributed by atoms with van der Waals surface area (Å²) in [5.41, 5.74) is 5.55. The molecule has 1 fully saturated rings. The Morgan fingerprint density at radius 1 is 1.86 bits per heavy atom. The van der Waals surface area contributed by atoms with Gasteiger partial charge in [-0.1, -0.05) is 0 Å². The summed E-state index contributed by atoms with van der Waals surface area (Å²) in [6.07, 6.45) is 2.40. The van der Waals surface area contributed by atoms with Gasteiger partial charge in [0, 0.05) is 13.1 Å². The summed E-state index contributed by atoms with van der Waals surface area (Å²) < 4.78 is 1.77. The van der Waals surface area contributed by atoms with Gasteiger partial charge >= 0.3 is 0 Å². The van der Waals surface area contributed by atoms with Gasteiger partial charge in [0.15, 0.2) is 5.82 Å². The van der Waals surface area contributed by atoms with E-state index < -0.39 is 0 Å². The van der Waals surface area contributed by atoms with Crippen molar-refractivity contribution in [2.75, 3.05) is 0 Å². The molecule has 0 aliphatic heterocycles. The van der Waals surface area contributed by atoms with E-state index >= 15 is 0 Å². The van der Waals surface area contributed by atoms with Crippen LogP contribution in [0.2, 0.25) is 0 Å². The van der Waals surface area contributed by atoms with E-state index in [0.29, 0.717) is 6.54 Å². The Balaban J connectivity index is 1.83. The van der Waals surface area contributed by atoms with Crippen LogP contribution in [0.3, 0.4) is 0 Å². The summed E-state index contributed by atoms with van der Waals surface area (Å²) in [5, 5.41) is 10.3. The molecule has 1 heterocycles. The zero-order chi connectivity index (χ0) is 10.1. The van der Waals surface area contributed by atoms with Crippen LogP contribution >= 0.6 is 0 Å². The van der Waals surface area contributed by atoms with Gasteiger partial charge in [-0.3, -0.25) is 4.79 Å². The number of nitrogens with two attached hydrogens (primary N) is 1. The number of aromatic nitrogens is 3. The molecule has 1 aromatic rings. The van der Waals surface area contributed by atoms with Crippen LogP contribution in [0.4, 0.5) is 0 Å².